The maximum Gasteiger partial charge on any atom is 0.309 e. The minimum atomic E-state index is -1.28. The standard InChI is InChI=1S/C50H73N3O8/c1-27(2)38-33(54)24-50(36(55)26-52-43(60)46(8,9)53-40(56)32-15-13-28(3)25-51-32)22-21-48(11)29(39(38)50)14-16-35-47(10)19-18-37(45(6,7)34(47)17-20-49(35,48)12)61-42(59)31-23-30(41(57)58)44(31,4)5/h13,15,25,27,29-31,34-37,55H,14,16-24,26H2,1-12H3,(H,52,60)(H,53,56)(H,57,58)/t29-,30+,31-,34+,35-,36+,37+,47+,48-,49-,50+/m1/s1. The van der Waals surface area contributed by atoms with Crippen molar-refractivity contribution in [1.29, 1.82) is 0 Å². The van der Waals surface area contributed by atoms with Crippen LogP contribution in [0.4, 0.5) is 0 Å². The van der Waals surface area contributed by atoms with Gasteiger partial charge in [-0.1, -0.05) is 74.0 Å². The molecule has 11 atom stereocenters. The zero-order valence-corrected chi connectivity index (χ0v) is 38.9. The highest BCUT2D eigenvalue weighted by molar-refractivity contribution is 6.01. The van der Waals surface area contributed by atoms with Gasteiger partial charge in [0.05, 0.1) is 17.9 Å². The van der Waals surface area contributed by atoms with Crippen molar-refractivity contribution in [3.63, 3.8) is 0 Å². The maximum atomic E-state index is 14.2. The van der Waals surface area contributed by atoms with E-state index in [-0.39, 0.29) is 70.0 Å². The van der Waals surface area contributed by atoms with E-state index < -0.39 is 52.1 Å². The van der Waals surface area contributed by atoms with E-state index in [1.54, 1.807) is 32.2 Å². The molecule has 0 bridgehead atoms. The summed E-state index contributed by atoms with van der Waals surface area (Å²) in [7, 11) is 0. The number of hydrogen-bond acceptors (Lipinski definition) is 8. The number of nitrogens with one attached hydrogen (secondary N) is 2. The van der Waals surface area contributed by atoms with Gasteiger partial charge in [-0.05, 0) is 141 Å². The van der Waals surface area contributed by atoms with Crippen molar-refractivity contribution in [2.24, 2.45) is 68.0 Å². The highest BCUT2D eigenvalue weighted by Crippen LogP contribution is 2.77. The molecule has 5 fully saturated rings. The number of aliphatic carboxylic acids is 1. The molecule has 0 saturated heterocycles. The van der Waals surface area contributed by atoms with Crippen LogP contribution in [-0.4, -0.2) is 69.0 Å². The van der Waals surface area contributed by atoms with Crippen LogP contribution in [0.25, 0.3) is 0 Å². The highest BCUT2D eigenvalue weighted by atomic mass is 16.5. The van der Waals surface area contributed by atoms with Crippen LogP contribution in [0.3, 0.4) is 0 Å². The molecule has 6 aliphatic carbocycles. The number of aliphatic hydroxyl groups excluding tert-OH is 1. The summed E-state index contributed by atoms with van der Waals surface area (Å²) in [5.74, 6) is -1.97. The van der Waals surface area contributed by atoms with Crippen molar-refractivity contribution in [3.05, 3.63) is 40.7 Å². The second-order valence-electron chi connectivity index (χ2n) is 23.2. The Morgan fingerprint density at radius 1 is 0.885 bits per heavy atom. The fourth-order valence-corrected chi connectivity index (χ4v) is 14.9. The molecular weight excluding hydrogens is 771 g/mol. The second kappa shape index (κ2) is 15.0. The van der Waals surface area contributed by atoms with Crippen molar-refractivity contribution in [2.75, 3.05) is 6.54 Å². The monoisotopic (exact) mass is 844 g/mol. The number of aliphatic hydroxyl groups is 1. The first-order chi connectivity index (χ1) is 28.2. The summed E-state index contributed by atoms with van der Waals surface area (Å²) in [5, 5.41) is 27.8. The van der Waals surface area contributed by atoms with E-state index in [0.717, 1.165) is 61.7 Å². The first kappa shape index (κ1) is 45.4. The molecule has 7 rings (SSSR count). The van der Waals surface area contributed by atoms with Crippen LogP contribution in [0, 0.1) is 74.9 Å². The van der Waals surface area contributed by atoms with Gasteiger partial charge in [-0.3, -0.25) is 29.0 Å². The predicted octanol–water partition coefficient (Wildman–Crippen LogP) is 8.01. The molecule has 0 spiro atoms. The number of aromatic nitrogens is 1. The molecule has 5 saturated carbocycles. The Bertz CT molecular complexity index is 2020. The van der Waals surface area contributed by atoms with E-state index in [4.69, 9.17) is 4.74 Å². The Hall–Kier alpha value is -3.60. The number of rotatable bonds is 10. The number of fused-ring (bicyclic) bond motifs is 7. The topological polar surface area (TPSA) is 172 Å². The van der Waals surface area contributed by atoms with Gasteiger partial charge in [-0.2, -0.15) is 0 Å². The molecule has 1 aromatic heterocycles. The maximum absolute atomic E-state index is 14.2. The Kier molecular flexibility index (Phi) is 11.2. The molecule has 1 heterocycles. The van der Waals surface area contributed by atoms with Crippen LogP contribution < -0.4 is 10.6 Å². The molecular formula is C50H73N3O8. The molecule has 0 unspecified atom stereocenters. The number of carboxylic acid groups (broad SMARTS) is 1. The fourth-order valence-electron chi connectivity index (χ4n) is 14.9. The SMILES string of the molecule is Cc1ccc(C(=O)NC(C)(C)C(=O)NC[C@H](O)[C@@]23CC[C@]4(C)[C@H](CC[C@@H]5[C@@]6(C)CC[C@H](OC(=O)[C@H]7C[C@@H](C(=O)O)C7(C)C)C(C)(C)[C@@H]6CC[C@]54C)C2=C(C(C)C)C(=O)C3)nc1. The summed E-state index contributed by atoms with van der Waals surface area (Å²) in [6.45, 7) is 25.1. The largest absolute Gasteiger partial charge is 0.481 e. The van der Waals surface area contributed by atoms with Gasteiger partial charge < -0.3 is 25.6 Å². The fraction of sp³-hybridized carbons (Fsp3) is 0.760. The molecule has 2 amide bonds. The summed E-state index contributed by atoms with van der Waals surface area (Å²) in [5.41, 5.74) is 0.0195. The minimum absolute atomic E-state index is 0.00357. The van der Waals surface area contributed by atoms with E-state index in [1.165, 1.54) is 0 Å². The smallest absolute Gasteiger partial charge is 0.309 e. The number of amides is 2. The van der Waals surface area contributed by atoms with Gasteiger partial charge in [0.1, 0.15) is 17.3 Å². The summed E-state index contributed by atoms with van der Waals surface area (Å²) >= 11 is 0. The van der Waals surface area contributed by atoms with Crippen LogP contribution >= 0.6 is 0 Å². The van der Waals surface area contributed by atoms with E-state index in [1.807, 2.05) is 20.8 Å². The number of ketones is 1. The average Bonchev–Trinajstić information content (AvgIpc) is 3.47. The molecule has 4 N–H and O–H groups in total. The van der Waals surface area contributed by atoms with Gasteiger partial charge in [0, 0.05) is 30.0 Å². The Morgan fingerprint density at radius 2 is 1.57 bits per heavy atom. The van der Waals surface area contributed by atoms with Gasteiger partial charge in [0.2, 0.25) is 5.91 Å². The van der Waals surface area contributed by atoms with Gasteiger partial charge in [0.15, 0.2) is 5.78 Å². The number of allylic oxidation sites excluding steroid dienone is 1. The molecule has 0 radical (unpaired) electrons. The number of ether oxygens (including phenoxy) is 1. The number of carboxylic acids is 1. The number of aryl methyl sites for hydroxylation is 1. The molecule has 336 valence electrons. The first-order valence-corrected chi connectivity index (χ1v) is 23.1. The van der Waals surface area contributed by atoms with Gasteiger partial charge in [-0.25, -0.2) is 0 Å². The van der Waals surface area contributed by atoms with Crippen LogP contribution in [0.15, 0.2) is 29.5 Å². The predicted molar refractivity (Wildman–Crippen MR) is 232 cm³/mol. The van der Waals surface area contributed by atoms with Gasteiger partial charge >= 0.3 is 11.9 Å². The van der Waals surface area contributed by atoms with Gasteiger partial charge in [-0.15, -0.1) is 0 Å². The zero-order chi connectivity index (χ0) is 45.0. The summed E-state index contributed by atoms with van der Waals surface area (Å²) < 4.78 is 6.41. The van der Waals surface area contributed by atoms with Crippen molar-refractivity contribution in [3.8, 4) is 0 Å². The van der Waals surface area contributed by atoms with Crippen molar-refractivity contribution < 1.29 is 38.9 Å². The molecule has 11 nitrogen and oxygen atoms in total. The summed E-state index contributed by atoms with van der Waals surface area (Å²) in [6.07, 6.45) is 8.14. The minimum Gasteiger partial charge on any atom is -0.481 e. The molecule has 0 aliphatic heterocycles. The van der Waals surface area contributed by atoms with Crippen molar-refractivity contribution >= 4 is 29.5 Å². The third-order valence-electron chi connectivity index (χ3n) is 18.8. The number of pyridine rings is 1. The van der Waals surface area contributed by atoms with Crippen LogP contribution in [-0.2, 0) is 23.9 Å². The van der Waals surface area contributed by atoms with E-state index >= 15 is 0 Å². The second-order valence-corrected chi connectivity index (χ2v) is 23.2. The zero-order valence-electron chi connectivity index (χ0n) is 38.9. The lowest BCUT2D eigenvalue weighted by Crippen LogP contribution is -2.66. The molecule has 1 aromatic rings. The Labute approximate surface area is 363 Å². The molecule has 0 aromatic carbocycles. The Morgan fingerprint density at radius 3 is 2.18 bits per heavy atom. The molecule has 61 heavy (non-hydrogen) atoms. The number of esters is 1. The van der Waals surface area contributed by atoms with Crippen LogP contribution in [0.2, 0.25) is 0 Å². The number of nitrogens with zero attached hydrogens (tertiary/aromatic N) is 1. The first-order valence-electron chi connectivity index (χ1n) is 23.1. The number of carbonyl (C=O) groups is 5. The van der Waals surface area contributed by atoms with Crippen LogP contribution in [0.5, 0.6) is 0 Å². The van der Waals surface area contributed by atoms with Crippen LogP contribution in [0.1, 0.15) is 156 Å². The van der Waals surface area contributed by atoms with Crippen molar-refractivity contribution in [1.82, 2.24) is 15.6 Å². The van der Waals surface area contributed by atoms with Crippen molar-refractivity contribution in [2.45, 2.75) is 165 Å². The van der Waals surface area contributed by atoms with Gasteiger partial charge in [0.25, 0.3) is 5.91 Å². The third-order valence-corrected chi connectivity index (χ3v) is 18.8. The number of Topliss-reactive ketones (excluding diaryl/α,β-unsaturated/α-hetero) is 1. The number of hydrogen-bond donors (Lipinski definition) is 4. The molecule has 11 heteroatoms. The highest BCUT2D eigenvalue weighted by Gasteiger charge is 2.71. The lowest BCUT2D eigenvalue weighted by molar-refractivity contribution is -0.238. The lowest BCUT2D eigenvalue weighted by Gasteiger charge is -2.72. The lowest BCUT2D eigenvalue weighted by atomic mass is 9.33. The Balaban J connectivity index is 1.10. The number of carbonyl (C=O) groups excluding carboxylic acids is 4. The average molecular weight is 844 g/mol. The third kappa shape index (κ3) is 6.82. The summed E-state index contributed by atoms with van der Waals surface area (Å²) in [4.78, 5) is 70.6. The van der Waals surface area contributed by atoms with E-state index in [2.05, 4.69) is 64.1 Å². The van der Waals surface area contributed by atoms with E-state index in [0.29, 0.717) is 24.7 Å². The van der Waals surface area contributed by atoms with E-state index in [9.17, 15) is 34.2 Å². The quantitative estimate of drug-likeness (QED) is 0.170. The normalized spacial score (nSPS) is 37.9. The molecule has 6 aliphatic rings. The summed E-state index contributed by atoms with van der Waals surface area (Å²) in [6, 6.07) is 3.42.